The number of piperazine rings is 1. The third kappa shape index (κ3) is 2.67. The number of para-hydroxylation sites is 2. The third-order valence-corrected chi connectivity index (χ3v) is 4.83. The Morgan fingerprint density at radius 2 is 1.70 bits per heavy atom. The number of rotatable bonds is 2. The Balaban J connectivity index is 1.52. The fourth-order valence-electron chi connectivity index (χ4n) is 3.11. The molecule has 0 radical (unpaired) electrons. The van der Waals surface area contributed by atoms with Crippen LogP contribution in [0.1, 0.15) is 0 Å². The molecule has 0 N–H and O–H groups in total. The zero-order chi connectivity index (χ0) is 15.8. The molecule has 0 saturated carbocycles. The molecule has 1 aliphatic rings. The van der Waals surface area contributed by atoms with E-state index in [9.17, 15) is 0 Å². The summed E-state index contributed by atoms with van der Waals surface area (Å²) in [5, 5.41) is 0. The van der Waals surface area contributed by atoms with Gasteiger partial charge in [0.15, 0.2) is 0 Å². The van der Waals surface area contributed by atoms with Crippen LogP contribution in [-0.2, 0) is 7.05 Å². The van der Waals surface area contributed by atoms with Crippen LogP contribution in [0.3, 0.4) is 0 Å². The lowest BCUT2D eigenvalue weighted by Crippen LogP contribution is -2.47. The molecule has 0 atom stereocenters. The molecule has 118 valence electrons. The van der Waals surface area contributed by atoms with Crippen LogP contribution in [-0.4, -0.2) is 40.7 Å². The molecular weight excluding hydrogens is 354 g/mol. The van der Waals surface area contributed by atoms with Gasteiger partial charge in [-0.15, -0.1) is 0 Å². The maximum absolute atomic E-state index is 4.79. The summed E-state index contributed by atoms with van der Waals surface area (Å²) in [7, 11) is 2.09. The molecule has 1 saturated heterocycles. The molecule has 1 aromatic carbocycles. The minimum atomic E-state index is 0.953. The van der Waals surface area contributed by atoms with E-state index in [2.05, 4.69) is 66.6 Å². The van der Waals surface area contributed by atoms with Gasteiger partial charge in [0.25, 0.3) is 0 Å². The van der Waals surface area contributed by atoms with E-state index in [-0.39, 0.29) is 0 Å². The minimum absolute atomic E-state index is 0.953. The summed E-state index contributed by atoms with van der Waals surface area (Å²) in [6.07, 6.45) is 1.85. The molecule has 0 bridgehead atoms. The van der Waals surface area contributed by atoms with E-state index >= 15 is 0 Å². The fraction of sp³-hybridized carbons (Fsp3) is 0.294. The van der Waals surface area contributed by atoms with Crippen LogP contribution in [0, 0.1) is 0 Å². The normalized spacial score (nSPS) is 15.4. The van der Waals surface area contributed by atoms with Crippen molar-refractivity contribution in [1.29, 1.82) is 0 Å². The van der Waals surface area contributed by atoms with Gasteiger partial charge in [-0.1, -0.05) is 12.1 Å². The molecule has 3 heterocycles. The van der Waals surface area contributed by atoms with Gasteiger partial charge in [0.2, 0.25) is 5.95 Å². The average molecular weight is 372 g/mol. The number of fused-ring (bicyclic) bond motifs is 1. The van der Waals surface area contributed by atoms with Gasteiger partial charge in [-0.2, -0.15) is 0 Å². The molecule has 3 aromatic rings. The van der Waals surface area contributed by atoms with Gasteiger partial charge >= 0.3 is 0 Å². The van der Waals surface area contributed by atoms with Gasteiger partial charge in [0.1, 0.15) is 5.82 Å². The quantitative estimate of drug-likeness (QED) is 0.693. The number of aromatic nitrogens is 3. The number of nitrogens with zero attached hydrogens (tertiary/aromatic N) is 5. The Morgan fingerprint density at radius 3 is 2.39 bits per heavy atom. The first kappa shape index (κ1) is 14.5. The minimum Gasteiger partial charge on any atom is -0.353 e. The molecule has 6 heteroatoms. The van der Waals surface area contributed by atoms with Crippen molar-refractivity contribution in [2.75, 3.05) is 36.0 Å². The summed E-state index contributed by atoms with van der Waals surface area (Å²) < 4.78 is 3.20. The highest BCUT2D eigenvalue weighted by atomic mass is 79.9. The number of hydrogen-bond donors (Lipinski definition) is 0. The molecule has 4 rings (SSSR count). The van der Waals surface area contributed by atoms with Crippen LogP contribution in [0.15, 0.2) is 47.1 Å². The van der Waals surface area contributed by atoms with Gasteiger partial charge in [-0.05, 0) is 40.2 Å². The van der Waals surface area contributed by atoms with Gasteiger partial charge < -0.3 is 14.4 Å². The first-order valence-electron chi connectivity index (χ1n) is 7.75. The SMILES string of the molecule is Cn1c(N2CCN(c3ccc(Br)cn3)CC2)nc2ccccc21. The van der Waals surface area contributed by atoms with Crippen molar-refractivity contribution in [3.05, 3.63) is 47.1 Å². The number of anilines is 2. The molecule has 0 unspecified atom stereocenters. The van der Waals surface area contributed by atoms with Crippen LogP contribution < -0.4 is 9.80 Å². The van der Waals surface area contributed by atoms with E-state index in [1.807, 2.05) is 18.3 Å². The number of hydrogen-bond acceptors (Lipinski definition) is 4. The maximum Gasteiger partial charge on any atom is 0.206 e. The smallest absolute Gasteiger partial charge is 0.206 e. The third-order valence-electron chi connectivity index (χ3n) is 4.36. The van der Waals surface area contributed by atoms with Gasteiger partial charge in [-0.3, -0.25) is 0 Å². The number of aryl methyl sites for hydroxylation is 1. The number of benzene rings is 1. The molecular formula is C17H18BrN5. The first-order chi connectivity index (χ1) is 11.2. The Morgan fingerprint density at radius 1 is 0.957 bits per heavy atom. The number of pyridine rings is 1. The van der Waals surface area contributed by atoms with Crippen molar-refractivity contribution >= 4 is 38.7 Å². The summed E-state index contributed by atoms with van der Waals surface area (Å²) in [5.74, 6) is 2.09. The highest BCUT2D eigenvalue weighted by Gasteiger charge is 2.21. The lowest BCUT2D eigenvalue weighted by Gasteiger charge is -2.35. The summed E-state index contributed by atoms with van der Waals surface area (Å²) in [5.41, 5.74) is 2.24. The van der Waals surface area contributed by atoms with E-state index in [0.29, 0.717) is 0 Å². The monoisotopic (exact) mass is 371 g/mol. The second-order valence-electron chi connectivity index (χ2n) is 5.77. The number of imidazole rings is 1. The molecule has 5 nitrogen and oxygen atoms in total. The van der Waals surface area contributed by atoms with E-state index in [4.69, 9.17) is 4.98 Å². The summed E-state index contributed by atoms with van der Waals surface area (Å²) in [6, 6.07) is 12.4. The summed E-state index contributed by atoms with van der Waals surface area (Å²) in [4.78, 5) is 14.0. The molecule has 23 heavy (non-hydrogen) atoms. The first-order valence-corrected chi connectivity index (χ1v) is 8.54. The molecule has 1 fully saturated rings. The largest absolute Gasteiger partial charge is 0.353 e. The predicted octanol–water partition coefficient (Wildman–Crippen LogP) is 3.06. The zero-order valence-electron chi connectivity index (χ0n) is 13.0. The Kier molecular flexibility index (Phi) is 3.69. The Hall–Kier alpha value is -2.08. The van der Waals surface area contributed by atoms with E-state index < -0.39 is 0 Å². The van der Waals surface area contributed by atoms with E-state index in [1.165, 1.54) is 5.52 Å². The highest BCUT2D eigenvalue weighted by molar-refractivity contribution is 9.10. The second-order valence-corrected chi connectivity index (χ2v) is 6.68. The van der Waals surface area contributed by atoms with Crippen LogP contribution in [0.25, 0.3) is 11.0 Å². The molecule has 1 aliphatic heterocycles. The topological polar surface area (TPSA) is 37.2 Å². The van der Waals surface area contributed by atoms with Gasteiger partial charge in [0, 0.05) is 43.9 Å². The Bertz CT molecular complexity index is 819. The fourth-order valence-corrected chi connectivity index (χ4v) is 3.34. The Labute approximate surface area is 143 Å². The lowest BCUT2D eigenvalue weighted by atomic mass is 10.3. The van der Waals surface area contributed by atoms with Crippen molar-refractivity contribution in [2.24, 2.45) is 7.05 Å². The van der Waals surface area contributed by atoms with Gasteiger partial charge in [0.05, 0.1) is 11.0 Å². The van der Waals surface area contributed by atoms with Crippen molar-refractivity contribution in [1.82, 2.24) is 14.5 Å². The van der Waals surface area contributed by atoms with Crippen molar-refractivity contribution in [3.8, 4) is 0 Å². The van der Waals surface area contributed by atoms with Crippen LogP contribution in [0.2, 0.25) is 0 Å². The van der Waals surface area contributed by atoms with Gasteiger partial charge in [-0.25, -0.2) is 9.97 Å². The predicted molar refractivity (Wildman–Crippen MR) is 97.1 cm³/mol. The van der Waals surface area contributed by atoms with Crippen molar-refractivity contribution in [2.45, 2.75) is 0 Å². The zero-order valence-corrected chi connectivity index (χ0v) is 14.6. The molecule has 0 aliphatic carbocycles. The molecule has 2 aromatic heterocycles. The summed E-state index contributed by atoms with van der Waals surface area (Å²) in [6.45, 7) is 3.82. The highest BCUT2D eigenvalue weighted by Crippen LogP contribution is 2.23. The second kappa shape index (κ2) is 5.85. The lowest BCUT2D eigenvalue weighted by molar-refractivity contribution is 0.627. The van der Waals surface area contributed by atoms with Crippen LogP contribution in [0.5, 0.6) is 0 Å². The van der Waals surface area contributed by atoms with Crippen LogP contribution in [0.4, 0.5) is 11.8 Å². The summed E-state index contributed by atoms with van der Waals surface area (Å²) >= 11 is 3.43. The molecule has 0 amide bonds. The standard InChI is InChI=1S/C17H18BrN5/c1-21-15-5-3-2-4-14(15)20-17(21)23-10-8-22(9-11-23)16-7-6-13(18)12-19-16/h2-7,12H,8-11H2,1H3. The van der Waals surface area contributed by atoms with Crippen molar-refractivity contribution in [3.63, 3.8) is 0 Å². The number of halogens is 1. The van der Waals surface area contributed by atoms with E-state index in [1.54, 1.807) is 0 Å². The van der Waals surface area contributed by atoms with Crippen LogP contribution >= 0.6 is 15.9 Å². The van der Waals surface area contributed by atoms with Crippen molar-refractivity contribution < 1.29 is 0 Å². The maximum atomic E-state index is 4.79. The molecule has 0 spiro atoms. The average Bonchev–Trinajstić information content (AvgIpc) is 2.93. The van der Waals surface area contributed by atoms with E-state index in [0.717, 1.165) is 47.9 Å².